The Morgan fingerprint density at radius 2 is 1.59 bits per heavy atom. The van der Waals surface area contributed by atoms with Gasteiger partial charge >= 0.3 is 16.2 Å². The van der Waals surface area contributed by atoms with Gasteiger partial charge in [-0.3, -0.25) is 4.79 Å². The van der Waals surface area contributed by atoms with E-state index in [0.717, 1.165) is 7.05 Å². The molecule has 0 bridgehead atoms. The van der Waals surface area contributed by atoms with Gasteiger partial charge in [0.2, 0.25) is 15.9 Å². The monoisotopic (exact) mass is 638 g/mol. The van der Waals surface area contributed by atoms with Gasteiger partial charge in [-0.05, 0) is 43.4 Å². The minimum atomic E-state index is -4.77. The summed E-state index contributed by atoms with van der Waals surface area (Å²) in [5.74, 6) is -4.67. The molecule has 2 aromatic rings. The van der Waals surface area contributed by atoms with E-state index in [1.54, 1.807) is 0 Å². The van der Waals surface area contributed by atoms with Crippen molar-refractivity contribution in [2.75, 3.05) is 59.9 Å². The second kappa shape index (κ2) is 13.3. The molecule has 226 valence electrons. The van der Waals surface area contributed by atoms with Gasteiger partial charge in [-0.1, -0.05) is 11.6 Å². The van der Waals surface area contributed by atoms with E-state index < -0.39 is 74.1 Å². The third-order valence-electron chi connectivity index (χ3n) is 6.06. The van der Waals surface area contributed by atoms with Crippen molar-refractivity contribution in [1.29, 1.82) is 0 Å². The van der Waals surface area contributed by atoms with Crippen LogP contribution < -0.4 is 15.2 Å². The van der Waals surface area contributed by atoms with Crippen LogP contribution in [0.1, 0.15) is 0 Å². The number of primary amides is 1. The number of likely N-dealkylation sites (N-methyl/N-ethyl adjacent to an activating group) is 2. The number of ether oxygens (including phenoxy) is 1. The number of carbonyl (C=O) groups is 2. The number of rotatable bonds is 11. The van der Waals surface area contributed by atoms with Crippen LogP contribution in [0.4, 0.5) is 13.6 Å². The SMILES string of the molecule is CN1CCN(C(=O)NS(=O)(=O)N(C)CCN(CC(N)=O)S(=O)(=O)c2cc(F)c(Oc3ccc(Cl)cc3)c(F)c2)CC1. The second-order valence-corrected chi connectivity index (χ2v) is 13.3. The predicted molar refractivity (Wildman–Crippen MR) is 145 cm³/mol. The molecule has 2 aromatic carbocycles. The van der Waals surface area contributed by atoms with Crippen molar-refractivity contribution < 1.29 is 39.9 Å². The van der Waals surface area contributed by atoms with Gasteiger partial charge in [-0.2, -0.15) is 17.0 Å². The van der Waals surface area contributed by atoms with Gasteiger partial charge in [-0.15, -0.1) is 0 Å². The normalized spacial score (nSPS) is 14.9. The lowest BCUT2D eigenvalue weighted by Crippen LogP contribution is -2.54. The van der Waals surface area contributed by atoms with Crippen molar-refractivity contribution in [2.45, 2.75) is 4.90 Å². The first-order valence-corrected chi connectivity index (χ1v) is 15.3. The topological polar surface area (TPSA) is 163 Å². The Kier molecular flexibility index (Phi) is 10.5. The van der Waals surface area contributed by atoms with Crippen LogP contribution in [0, 0.1) is 11.6 Å². The Bertz CT molecular complexity index is 1470. The molecule has 1 heterocycles. The standard InChI is InChI=1S/C23H29ClF2N6O7S2/c1-29-7-10-31(11-8-29)23(34)28-41(37,38)30(2)9-12-32(15-21(27)33)40(35,36)18-13-19(25)22(20(26)14-18)39-17-5-3-16(24)4-6-17/h3-6,13-14H,7-12,15H2,1-2H3,(H2,27,33)(H,28,34). The average molecular weight is 639 g/mol. The number of piperazine rings is 1. The third kappa shape index (κ3) is 8.46. The summed E-state index contributed by atoms with van der Waals surface area (Å²) in [6, 6.07) is 5.67. The molecule has 0 spiro atoms. The van der Waals surface area contributed by atoms with Crippen LogP contribution in [0.25, 0.3) is 0 Å². The quantitative estimate of drug-likeness (QED) is 0.369. The number of benzene rings is 2. The number of sulfonamides is 1. The molecule has 1 saturated heterocycles. The second-order valence-electron chi connectivity index (χ2n) is 9.10. The summed E-state index contributed by atoms with van der Waals surface area (Å²) in [5, 5.41) is 0.352. The highest BCUT2D eigenvalue weighted by Crippen LogP contribution is 2.31. The van der Waals surface area contributed by atoms with Crippen molar-refractivity contribution in [3.63, 3.8) is 0 Å². The van der Waals surface area contributed by atoms with Gasteiger partial charge in [0.25, 0.3) is 0 Å². The van der Waals surface area contributed by atoms with E-state index in [9.17, 15) is 35.2 Å². The Hall–Kier alpha value is -3.09. The number of urea groups is 1. The first-order chi connectivity index (χ1) is 19.1. The van der Waals surface area contributed by atoms with Crippen LogP contribution in [0.3, 0.4) is 0 Å². The van der Waals surface area contributed by atoms with Gasteiger partial charge in [-0.25, -0.2) is 26.7 Å². The number of halogens is 3. The largest absolute Gasteiger partial charge is 0.451 e. The summed E-state index contributed by atoms with van der Waals surface area (Å²) in [5.41, 5.74) is 5.18. The number of amides is 3. The number of carbonyl (C=O) groups excluding carboxylic acids is 2. The van der Waals surface area contributed by atoms with Crippen molar-refractivity contribution in [2.24, 2.45) is 5.73 Å². The molecule has 1 aliphatic heterocycles. The molecule has 0 aromatic heterocycles. The van der Waals surface area contributed by atoms with E-state index in [4.69, 9.17) is 22.1 Å². The molecule has 18 heteroatoms. The summed E-state index contributed by atoms with van der Waals surface area (Å²) < 4.78 is 89.6. The molecule has 0 unspecified atom stereocenters. The Morgan fingerprint density at radius 3 is 2.12 bits per heavy atom. The van der Waals surface area contributed by atoms with Gasteiger partial charge in [0, 0.05) is 51.3 Å². The Labute approximate surface area is 241 Å². The molecular formula is C23H29ClF2N6O7S2. The summed E-state index contributed by atoms with van der Waals surface area (Å²) in [6.45, 7) is -0.378. The minimum Gasteiger partial charge on any atom is -0.451 e. The lowest BCUT2D eigenvalue weighted by Gasteiger charge is -2.32. The fourth-order valence-electron chi connectivity index (χ4n) is 3.65. The van der Waals surface area contributed by atoms with E-state index in [0.29, 0.717) is 51.9 Å². The van der Waals surface area contributed by atoms with Crippen LogP contribution in [0.15, 0.2) is 41.3 Å². The predicted octanol–water partition coefficient (Wildman–Crippen LogP) is 1.02. The maximum absolute atomic E-state index is 14.8. The summed E-state index contributed by atoms with van der Waals surface area (Å²) in [7, 11) is -6.24. The zero-order chi connectivity index (χ0) is 30.5. The van der Waals surface area contributed by atoms with Crippen molar-refractivity contribution in [1.82, 2.24) is 23.1 Å². The number of hydrogen-bond donors (Lipinski definition) is 2. The van der Waals surface area contributed by atoms with Crippen LogP contribution >= 0.6 is 11.6 Å². The third-order valence-corrected chi connectivity index (χ3v) is 9.57. The smallest absolute Gasteiger partial charge is 0.332 e. The number of nitrogens with two attached hydrogens (primary N) is 1. The van der Waals surface area contributed by atoms with Crippen LogP contribution in [-0.2, 0) is 25.0 Å². The molecule has 1 aliphatic rings. The van der Waals surface area contributed by atoms with E-state index in [2.05, 4.69) is 0 Å². The molecule has 0 saturated carbocycles. The van der Waals surface area contributed by atoms with Gasteiger partial charge < -0.3 is 20.3 Å². The van der Waals surface area contributed by atoms with Crippen LogP contribution in [-0.4, -0.2) is 107 Å². The summed E-state index contributed by atoms with van der Waals surface area (Å²) >= 11 is 5.78. The molecule has 3 amide bonds. The van der Waals surface area contributed by atoms with E-state index in [1.165, 1.54) is 29.2 Å². The zero-order valence-electron chi connectivity index (χ0n) is 22.1. The maximum atomic E-state index is 14.8. The Balaban J connectivity index is 1.75. The summed E-state index contributed by atoms with van der Waals surface area (Å²) in [4.78, 5) is 26.5. The van der Waals surface area contributed by atoms with Gasteiger partial charge in [0.05, 0.1) is 11.4 Å². The molecule has 3 rings (SSSR count). The number of hydrogen-bond acceptors (Lipinski definition) is 8. The van der Waals surface area contributed by atoms with Crippen molar-refractivity contribution in [3.8, 4) is 11.5 Å². The van der Waals surface area contributed by atoms with Gasteiger partial charge in [0.15, 0.2) is 17.4 Å². The Morgan fingerprint density at radius 1 is 1.02 bits per heavy atom. The minimum absolute atomic E-state index is 0.0297. The van der Waals surface area contributed by atoms with Crippen molar-refractivity contribution >= 4 is 43.8 Å². The highest BCUT2D eigenvalue weighted by Gasteiger charge is 2.31. The highest BCUT2D eigenvalue weighted by molar-refractivity contribution is 7.89. The molecule has 0 aliphatic carbocycles. The van der Waals surface area contributed by atoms with E-state index in [1.807, 2.05) is 16.7 Å². The fraction of sp³-hybridized carbons (Fsp3) is 0.391. The van der Waals surface area contributed by atoms with Crippen LogP contribution in [0.2, 0.25) is 5.02 Å². The molecular weight excluding hydrogens is 610 g/mol. The first kappa shape index (κ1) is 32.4. The van der Waals surface area contributed by atoms with Crippen LogP contribution in [0.5, 0.6) is 11.5 Å². The van der Waals surface area contributed by atoms with Crippen molar-refractivity contribution in [3.05, 3.63) is 53.1 Å². The molecule has 0 atom stereocenters. The molecule has 1 fully saturated rings. The van der Waals surface area contributed by atoms with E-state index in [-0.39, 0.29) is 5.75 Å². The lowest BCUT2D eigenvalue weighted by molar-refractivity contribution is -0.118. The molecule has 13 nitrogen and oxygen atoms in total. The zero-order valence-corrected chi connectivity index (χ0v) is 24.5. The number of nitrogens with zero attached hydrogens (tertiary/aromatic N) is 4. The summed E-state index contributed by atoms with van der Waals surface area (Å²) in [6.07, 6.45) is 0. The highest BCUT2D eigenvalue weighted by atomic mass is 35.5. The molecule has 3 N–H and O–H groups in total. The maximum Gasteiger partial charge on any atom is 0.332 e. The fourth-order valence-corrected chi connectivity index (χ4v) is 6.02. The first-order valence-electron chi connectivity index (χ1n) is 12.0. The number of nitrogens with one attached hydrogen (secondary N) is 1. The molecule has 0 radical (unpaired) electrons. The average Bonchev–Trinajstić information content (AvgIpc) is 2.89. The molecule has 41 heavy (non-hydrogen) atoms. The lowest BCUT2D eigenvalue weighted by atomic mass is 10.3. The van der Waals surface area contributed by atoms with E-state index >= 15 is 0 Å². The van der Waals surface area contributed by atoms with Gasteiger partial charge in [0.1, 0.15) is 5.75 Å².